The Balaban J connectivity index is 2.07. The van der Waals surface area contributed by atoms with E-state index in [-0.39, 0.29) is 11.9 Å². The summed E-state index contributed by atoms with van der Waals surface area (Å²) in [5.74, 6) is 0.401. The van der Waals surface area contributed by atoms with Crippen LogP contribution in [0.3, 0.4) is 0 Å². The quantitative estimate of drug-likeness (QED) is 0.0816. The maximum Gasteiger partial charge on any atom is 0.418 e. The van der Waals surface area contributed by atoms with Gasteiger partial charge in [-0.3, -0.25) is 18.7 Å². The molecule has 0 spiro atoms. The fourth-order valence-corrected chi connectivity index (χ4v) is 5.01. The van der Waals surface area contributed by atoms with Gasteiger partial charge in [-0.05, 0) is 116 Å². The average molecular weight is 697 g/mol. The molecule has 12 nitrogen and oxygen atoms in total. The van der Waals surface area contributed by atoms with Crippen LogP contribution in [0.5, 0.6) is 11.5 Å². The number of aromatic nitrogens is 2. The van der Waals surface area contributed by atoms with Gasteiger partial charge in [0.1, 0.15) is 22.7 Å². The topological polar surface area (TPSA) is 134 Å². The molecule has 274 valence electrons. The lowest BCUT2D eigenvalue weighted by Crippen LogP contribution is -2.27. The molecular weight excluding hydrogens is 644 g/mol. The maximum absolute atomic E-state index is 13.3. The Labute approximate surface area is 294 Å². The van der Waals surface area contributed by atoms with Crippen molar-refractivity contribution in [2.24, 2.45) is 0 Å². The molecule has 0 aliphatic rings. The first kappa shape index (κ1) is 39.7. The summed E-state index contributed by atoms with van der Waals surface area (Å²) in [6.07, 6.45) is 6.92. The highest BCUT2D eigenvalue weighted by Crippen LogP contribution is 2.42. The van der Waals surface area contributed by atoms with Crippen LogP contribution in [0.1, 0.15) is 92.9 Å². The summed E-state index contributed by atoms with van der Waals surface area (Å²) >= 11 is 0. The minimum Gasteiger partial charge on any atom is -0.493 e. The number of rotatable bonds is 16. The summed E-state index contributed by atoms with van der Waals surface area (Å²) in [4.78, 5) is 49.7. The molecule has 2 aromatic heterocycles. The fraction of sp³-hybridized carbons (Fsp3) is 0.526. The van der Waals surface area contributed by atoms with Gasteiger partial charge >= 0.3 is 24.1 Å². The zero-order chi connectivity index (χ0) is 36.9. The van der Waals surface area contributed by atoms with E-state index in [4.69, 9.17) is 28.4 Å². The van der Waals surface area contributed by atoms with E-state index in [1.807, 2.05) is 0 Å². The third-order valence-electron chi connectivity index (χ3n) is 7.33. The lowest BCUT2D eigenvalue weighted by atomic mass is 10.0. The minimum atomic E-state index is -0.721. The second kappa shape index (κ2) is 18.3. The number of ether oxygens (including phenoxy) is 6. The van der Waals surface area contributed by atoms with Gasteiger partial charge in [0.05, 0.1) is 38.8 Å². The van der Waals surface area contributed by atoms with Crippen molar-refractivity contribution < 1.29 is 47.6 Å². The molecule has 0 fully saturated rings. The number of hydrogen-bond donors (Lipinski definition) is 0. The predicted molar refractivity (Wildman–Crippen MR) is 189 cm³/mol. The van der Waals surface area contributed by atoms with Gasteiger partial charge in [0.15, 0.2) is 0 Å². The second-order valence-corrected chi connectivity index (χ2v) is 13.8. The third-order valence-corrected chi connectivity index (χ3v) is 7.33. The molecule has 12 heteroatoms. The van der Waals surface area contributed by atoms with E-state index >= 15 is 0 Å². The van der Waals surface area contributed by atoms with Gasteiger partial charge < -0.3 is 28.4 Å². The van der Waals surface area contributed by atoms with Crippen LogP contribution in [0.25, 0.3) is 22.5 Å². The van der Waals surface area contributed by atoms with Crippen molar-refractivity contribution in [3.05, 3.63) is 48.8 Å². The number of carbonyl (C=O) groups is 4. The normalized spacial score (nSPS) is 11.5. The Morgan fingerprint density at radius 3 is 1.30 bits per heavy atom. The highest BCUT2D eigenvalue weighted by Gasteiger charge is 2.26. The van der Waals surface area contributed by atoms with Crippen molar-refractivity contribution in [3.63, 3.8) is 0 Å². The molecule has 3 aromatic rings. The molecule has 0 aliphatic carbocycles. The average Bonchev–Trinajstić information content (AvgIpc) is 3.73. The van der Waals surface area contributed by atoms with E-state index in [1.54, 1.807) is 90.3 Å². The molecule has 0 saturated carbocycles. The van der Waals surface area contributed by atoms with Crippen LogP contribution in [0.15, 0.2) is 48.8 Å². The minimum absolute atomic E-state index is 0.257. The number of carbonyl (C=O) groups excluding carboxylic acids is 4. The molecule has 0 unspecified atom stereocenters. The van der Waals surface area contributed by atoms with E-state index in [9.17, 15) is 19.2 Å². The van der Waals surface area contributed by atoms with Gasteiger partial charge in [-0.25, -0.2) is 9.59 Å². The van der Waals surface area contributed by atoms with Gasteiger partial charge in [-0.1, -0.05) is 0 Å². The highest BCUT2D eigenvalue weighted by molar-refractivity contribution is 5.86. The predicted octanol–water partition coefficient (Wildman–Crippen LogP) is 8.41. The smallest absolute Gasteiger partial charge is 0.418 e. The van der Waals surface area contributed by atoms with Crippen molar-refractivity contribution >= 4 is 24.1 Å². The van der Waals surface area contributed by atoms with Gasteiger partial charge in [-0.2, -0.15) is 0 Å². The molecule has 0 radical (unpaired) electrons. The van der Waals surface area contributed by atoms with E-state index < -0.39 is 23.4 Å². The first-order valence-corrected chi connectivity index (χ1v) is 17.0. The van der Waals surface area contributed by atoms with Gasteiger partial charge in [0.25, 0.3) is 0 Å². The van der Waals surface area contributed by atoms with Crippen molar-refractivity contribution in [2.45, 2.75) is 104 Å². The second-order valence-electron chi connectivity index (χ2n) is 13.8. The number of nitrogens with zero attached hydrogens (tertiary/aromatic N) is 2. The molecule has 0 bridgehead atoms. The zero-order valence-corrected chi connectivity index (χ0v) is 30.7. The molecule has 0 saturated heterocycles. The lowest BCUT2D eigenvalue weighted by molar-refractivity contribution is -0.141. The van der Waals surface area contributed by atoms with E-state index in [1.165, 1.54) is 23.4 Å². The molecule has 50 heavy (non-hydrogen) atoms. The monoisotopic (exact) mass is 696 g/mol. The van der Waals surface area contributed by atoms with Crippen molar-refractivity contribution in [1.82, 2.24) is 9.13 Å². The Kier molecular flexibility index (Phi) is 14.5. The van der Waals surface area contributed by atoms with E-state index in [0.29, 0.717) is 85.8 Å². The van der Waals surface area contributed by atoms with Crippen LogP contribution in [-0.4, -0.2) is 71.9 Å². The third kappa shape index (κ3) is 12.3. The van der Waals surface area contributed by atoms with E-state index in [0.717, 1.165) is 12.8 Å². The van der Waals surface area contributed by atoms with Crippen LogP contribution < -0.4 is 9.47 Å². The Morgan fingerprint density at radius 2 is 0.960 bits per heavy atom. The molecule has 1 aromatic carbocycles. The molecular formula is C38H52N2O10. The van der Waals surface area contributed by atoms with Crippen molar-refractivity contribution in [2.75, 3.05) is 27.4 Å². The molecule has 2 heterocycles. The first-order chi connectivity index (χ1) is 23.6. The SMILES string of the molecule is COC(=O)CCCCCOc1cc(-c2cccn2C(=O)OC(C)(C)C)c(OCCCCCC(=O)OC)cc1-c1cccn1C(=O)OC(C)(C)C. The summed E-state index contributed by atoms with van der Waals surface area (Å²) in [6, 6.07) is 10.7. The molecule has 0 N–H and O–H groups in total. The van der Waals surface area contributed by atoms with E-state index in [2.05, 4.69) is 0 Å². The first-order valence-electron chi connectivity index (χ1n) is 17.0. The molecule has 0 amide bonds. The molecule has 3 rings (SSSR count). The Morgan fingerprint density at radius 1 is 0.580 bits per heavy atom. The zero-order valence-electron chi connectivity index (χ0n) is 30.7. The van der Waals surface area contributed by atoms with Crippen molar-refractivity contribution in [1.29, 1.82) is 0 Å². The number of methoxy groups -OCH3 is 2. The fourth-order valence-electron chi connectivity index (χ4n) is 5.01. The summed E-state index contributed by atoms with van der Waals surface area (Å²) < 4.78 is 36.5. The van der Waals surface area contributed by atoms with Crippen LogP contribution in [0.2, 0.25) is 0 Å². The Bertz CT molecular complexity index is 1470. The Hall–Kier alpha value is -4.74. The van der Waals surface area contributed by atoms with Gasteiger partial charge in [0.2, 0.25) is 0 Å². The summed E-state index contributed by atoms with van der Waals surface area (Å²) in [6.45, 7) is 11.5. The number of hydrogen-bond acceptors (Lipinski definition) is 10. The van der Waals surface area contributed by atoms with Crippen LogP contribution in [0.4, 0.5) is 9.59 Å². The number of esters is 2. The standard InChI is InChI=1S/C38H52N2O10/c1-37(2,3)49-35(43)39-21-15-17-29(39)27-25-32(48-24-14-10-12-20-34(42)46-8)28(26-31(27)47-23-13-9-11-19-33(41)45-7)30-18-16-22-40(30)36(44)50-38(4,5)6/h15-18,21-22,25-26H,9-14,19-20,23-24H2,1-8H3. The van der Waals surface area contributed by atoms with Crippen LogP contribution in [0, 0.1) is 0 Å². The van der Waals surface area contributed by atoms with Gasteiger partial charge in [-0.15, -0.1) is 0 Å². The van der Waals surface area contributed by atoms with Crippen molar-refractivity contribution in [3.8, 4) is 34.0 Å². The summed E-state index contributed by atoms with van der Waals surface area (Å²) in [5.41, 5.74) is 0.766. The van der Waals surface area contributed by atoms with Gasteiger partial charge in [0, 0.05) is 36.4 Å². The summed E-state index contributed by atoms with van der Waals surface area (Å²) in [5, 5.41) is 0. The molecule has 0 aliphatic heterocycles. The van der Waals surface area contributed by atoms with Crippen LogP contribution >= 0.6 is 0 Å². The lowest BCUT2D eigenvalue weighted by Gasteiger charge is -2.23. The highest BCUT2D eigenvalue weighted by atomic mass is 16.6. The summed E-state index contributed by atoms with van der Waals surface area (Å²) in [7, 11) is 2.74. The number of unbranched alkanes of at least 4 members (excludes halogenated alkanes) is 4. The van der Waals surface area contributed by atoms with Crippen LogP contribution in [-0.2, 0) is 28.5 Å². The molecule has 0 atom stereocenters. The number of benzene rings is 1. The maximum atomic E-state index is 13.3. The largest absolute Gasteiger partial charge is 0.493 e.